The van der Waals surface area contributed by atoms with Crippen LogP contribution in [-0.2, 0) is 6.42 Å². The maximum absolute atomic E-state index is 4.72. The highest BCUT2D eigenvalue weighted by Gasteiger charge is 2.31. The van der Waals surface area contributed by atoms with Crippen LogP contribution in [0, 0.1) is 0 Å². The number of nitrogens with zero attached hydrogens (tertiary/aromatic N) is 2. The number of aliphatic imine (C=N–C) groups is 1. The molecule has 1 aliphatic carbocycles. The zero-order chi connectivity index (χ0) is 13.5. The molecule has 108 valence electrons. The van der Waals surface area contributed by atoms with Gasteiger partial charge in [0.2, 0.25) is 0 Å². The number of hydrogen-bond acceptors (Lipinski definition) is 3. The number of benzene rings is 1. The Morgan fingerprint density at radius 2 is 2.10 bits per heavy atom. The lowest BCUT2D eigenvalue weighted by molar-refractivity contribution is 1.10. The van der Waals surface area contributed by atoms with Crippen LogP contribution in [0.2, 0.25) is 0 Å². The Morgan fingerprint density at radius 1 is 1.24 bits per heavy atom. The average Bonchev–Trinajstić information content (AvgIpc) is 2.86. The molecule has 0 amide bonds. The van der Waals surface area contributed by atoms with E-state index < -0.39 is 0 Å². The second-order valence-corrected chi connectivity index (χ2v) is 5.95. The lowest BCUT2D eigenvalue weighted by Crippen LogP contribution is -2.24. The van der Waals surface area contributed by atoms with Crippen molar-refractivity contribution in [1.29, 1.82) is 0 Å². The molecule has 2 heterocycles. The molecule has 21 heavy (non-hydrogen) atoms. The summed E-state index contributed by atoms with van der Waals surface area (Å²) in [5.74, 6) is 0. The van der Waals surface area contributed by atoms with Gasteiger partial charge in [-0.2, -0.15) is 0 Å². The molecule has 0 radical (unpaired) electrons. The molecular weight excluding hydrogens is 391 g/mol. The molecule has 4 rings (SSSR count). The quantitative estimate of drug-likeness (QED) is 0.586. The average molecular weight is 408 g/mol. The maximum atomic E-state index is 4.72. The summed E-state index contributed by atoms with van der Waals surface area (Å²) >= 11 is 1.73. The van der Waals surface area contributed by atoms with Crippen LogP contribution in [0.1, 0.15) is 12.0 Å². The molecule has 0 unspecified atom stereocenters. The Kier molecular flexibility index (Phi) is 4.26. The number of fused-ring (bicyclic) bond motifs is 4. The summed E-state index contributed by atoms with van der Waals surface area (Å²) in [5.41, 5.74) is 6.85. The molecule has 0 N–H and O–H groups in total. The molecule has 1 aromatic carbocycles. The van der Waals surface area contributed by atoms with Crippen LogP contribution in [0.15, 0.2) is 64.3 Å². The minimum atomic E-state index is 0. The van der Waals surface area contributed by atoms with Gasteiger partial charge in [0.1, 0.15) is 0 Å². The summed E-state index contributed by atoms with van der Waals surface area (Å²) in [6.45, 7) is 0.793. The standard InChI is InChI=1S/C17H16N2S.HI/c1-20-17-18-11-16-14-8-4-2-6-12(14)10-13-7-3-5-9-15(13)19(16)17;/h3-9H,2,10-11H2,1H3;1H. The van der Waals surface area contributed by atoms with Gasteiger partial charge >= 0.3 is 0 Å². The van der Waals surface area contributed by atoms with Gasteiger partial charge < -0.3 is 0 Å². The predicted molar refractivity (Wildman–Crippen MR) is 103 cm³/mol. The molecular formula is C17H17IN2S. The van der Waals surface area contributed by atoms with Crippen molar-refractivity contribution >= 4 is 46.6 Å². The van der Waals surface area contributed by atoms with E-state index in [0.29, 0.717) is 0 Å². The highest BCUT2D eigenvalue weighted by Crippen LogP contribution is 2.40. The molecule has 0 atom stereocenters. The zero-order valence-corrected chi connectivity index (χ0v) is 15.0. The molecule has 0 bridgehead atoms. The number of allylic oxidation sites excluding steroid dienone is 5. The number of rotatable bonds is 0. The van der Waals surface area contributed by atoms with Crippen LogP contribution in [0.4, 0.5) is 5.69 Å². The van der Waals surface area contributed by atoms with Crippen LogP contribution in [0.5, 0.6) is 0 Å². The first-order valence-corrected chi connectivity index (χ1v) is 8.16. The van der Waals surface area contributed by atoms with Crippen molar-refractivity contribution in [3.05, 3.63) is 64.9 Å². The lowest BCUT2D eigenvalue weighted by atomic mass is 9.93. The largest absolute Gasteiger partial charge is 0.291 e. The molecule has 0 spiro atoms. The summed E-state index contributed by atoms with van der Waals surface area (Å²) in [6, 6.07) is 8.71. The molecule has 4 heteroatoms. The second-order valence-electron chi connectivity index (χ2n) is 5.17. The van der Waals surface area contributed by atoms with Gasteiger partial charge in [-0.15, -0.1) is 24.0 Å². The van der Waals surface area contributed by atoms with Gasteiger partial charge in [0.05, 0.1) is 17.9 Å². The Bertz CT molecular complexity index is 700. The predicted octanol–water partition coefficient (Wildman–Crippen LogP) is 4.54. The number of para-hydroxylation sites is 1. The van der Waals surface area contributed by atoms with Gasteiger partial charge in [0, 0.05) is 0 Å². The van der Waals surface area contributed by atoms with Crippen molar-refractivity contribution in [3.8, 4) is 0 Å². The van der Waals surface area contributed by atoms with Crippen LogP contribution in [0.3, 0.4) is 0 Å². The van der Waals surface area contributed by atoms with E-state index in [0.717, 1.165) is 24.6 Å². The van der Waals surface area contributed by atoms with Crippen LogP contribution in [0.25, 0.3) is 0 Å². The normalized spacial score (nSPS) is 19.0. The number of amidine groups is 1. The number of halogens is 1. The smallest absolute Gasteiger partial charge is 0.168 e. The van der Waals surface area contributed by atoms with Crippen molar-refractivity contribution < 1.29 is 0 Å². The van der Waals surface area contributed by atoms with Crippen LogP contribution >= 0.6 is 35.7 Å². The molecule has 2 nitrogen and oxygen atoms in total. The summed E-state index contributed by atoms with van der Waals surface area (Å²) in [5, 5.41) is 1.11. The van der Waals surface area contributed by atoms with E-state index in [4.69, 9.17) is 4.99 Å². The first-order chi connectivity index (χ1) is 9.88. The van der Waals surface area contributed by atoms with E-state index in [1.165, 1.54) is 28.1 Å². The Hall–Kier alpha value is -1.01. The maximum Gasteiger partial charge on any atom is 0.168 e. The second kappa shape index (κ2) is 6.01. The Balaban J connectivity index is 0.00000132. The van der Waals surface area contributed by atoms with E-state index in [2.05, 4.69) is 53.6 Å². The SMILES string of the molecule is CSC1=NCC2=C3C=CCC=C3Cc3ccccc3N12.I. The number of thioether (sulfide) groups is 1. The van der Waals surface area contributed by atoms with E-state index >= 15 is 0 Å². The van der Waals surface area contributed by atoms with Crippen LogP contribution < -0.4 is 4.90 Å². The van der Waals surface area contributed by atoms with Crippen molar-refractivity contribution in [3.63, 3.8) is 0 Å². The third-order valence-electron chi connectivity index (χ3n) is 4.06. The Morgan fingerprint density at radius 3 is 2.95 bits per heavy atom. The summed E-state index contributed by atoms with van der Waals surface area (Å²) in [6.07, 6.45) is 11.1. The summed E-state index contributed by atoms with van der Waals surface area (Å²) in [4.78, 5) is 7.07. The fraction of sp³-hybridized carbons (Fsp3) is 0.235. The van der Waals surface area contributed by atoms with E-state index in [1.807, 2.05) is 0 Å². The third-order valence-corrected chi connectivity index (χ3v) is 4.74. The van der Waals surface area contributed by atoms with Crippen molar-refractivity contribution in [2.24, 2.45) is 4.99 Å². The molecule has 0 aromatic heterocycles. The van der Waals surface area contributed by atoms with Gasteiger partial charge in [-0.3, -0.25) is 9.89 Å². The molecule has 3 aliphatic rings. The third kappa shape index (κ3) is 2.38. The molecule has 1 aromatic rings. The molecule has 0 saturated carbocycles. The van der Waals surface area contributed by atoms with E-state index in [1.54, 1.807) is 11.8 Å². The van der Waals surface area contributed by atoms with Crippen LogP contribution in [-0.4, -0.2) is 18.0 Å². The van der Waals surface area contributed by atoms with Gasteiger partial charge in [0.25, 0.3) is 0 Å². The first kappa shape index (κ1) is 14.9. The first-order valence-electron chi connectivity index (χ1n) is 6.94. The monoisotopic (exact) mass is 408 g/mol. The Labute approximate surface area is 146 Å². The fourth-order valence-electron chi connectivity index (χ4n) is 3.16. The molecule has 0 fully saturated rings. The zero-order valence-electron chi connectivity index (χ0n) is 11.9. The summed E-state index contributed by atoms with van der Waals surface area (Å²) in [7, 11) is 0. The van der Waals surface area contributed by atoms with Gasteiger partial charge in [-0.25, -0.2) is 0 Å². The fourth-order valence-corrected chi connectivity index (χ4v) is 3.74. The van der Waals surface area contributed by atoms with Crippen molar-refractivity contribution in [2.75, 3.05) is 17.7 Å². The summed E-state index contributed by atoms with van der Waals surface area (Å²) < 4.78 is 0. The number of anilines is 1. The highest BCUT2D eigenvalue weighted by atomic mass is 127. The lowest BCUT2D eigenvalue weighted by Gasteiger charge is -2.23. The van der Waals surface area contributed by atoms with Crippen molar-refractivity contribution in [2.45, 2.75) is 12.8 Å². The van der Waals surface area contributed by atoms with Crippen molar-refractivity contribution in [1.82, 2.24) is 0 Å². The number of hydrogen-bond donors (Lipinski definition) is 0. The topological polar surface area (TPSA) is 15.6 Å². The van der Waals surface area contributed by atoms with Gasteiger partial charge in [-0.1, -0.05) is 48.2 Å². The molecule has 2 aliphatic heterocycles. The van der Waals surface area contributed by atoms with Gasteiger partial charge in [-0.05, 0) is 41.9 Å². The minimum absolute atomic E-state index is 0. The minimum Gasteiger partial charge on any atom is -0.291 e. The van der Waals surface area contributed by atoms with Gasteiger partial charge in [0.15, 0.2) is 5.17 Å². The van der Waals surface area contributed by atoms with E-state index in [9.17, 15) is 0 Å². The molecule has 0 saturated heterocycles. The highest BCUT2D eigenvalue weighted by molar-refractivity contribution is 14.0. The van der Waals surface area contributed by atoms with E-state index in [-0.39, 0.29) is 24.0 Å².